The molecule has 0 spiro atoms. The molecule has 1 fully saturated rings. The molecule has 0 aromatic carbocycles. The number of nitrogens with one attached hydrogen (secondary N) is 1. The molecular weight excluding hydrogens is 216 g/mol. The van der Waals surface area contributed by atoms with E-state index in [4.69, 9.17) is 11.6 Å². The van der Waals surface area contributed by atoms with Crippen LogP contribution in [0.5, 0.6) is 0 Å². The lowest BCUT2D eigenvalue weighted by Crippen LogP contribution is -2.10. The van der Waals surface area contributed by atoms with Crippen LogP contribution in [0, 0.1) is 0 Å². The van der Waals surface area contributed by atoms with E-state index in [0.29, 0.717) is 5.15 Å². The second kappa shape index (κ2) is 5.01. The fourth-order valence-corrected chi connectivity index (χ4v) is 2.71. The van der Waals surface area contributed by atoms with Crippen molar-refractivity contribution in [2.45, 2.75) is 17.4 Å². The lowest BCUT2D eigenvalue weighted by Gasteiger charge is -2.07. The Morgan fingerprint density at radius 1 is 1.57 bits per heavy atom. The van der Waals surface area contributed by atoms with Crippen molar-refractivity contribution in [3.05, 3.63) is 29.0 Å². The molecule has 14 heavy (non-hydrogen) atoms. The van der Waals surface area contributed by atoms with E-state index in [0.717, 1.165) is 24.1 Å². The van der Waals surface area contributed by atoms with Crippen molar-refractivity contribution in [3.8, 4) is 0 Å². The molecule has 0 unspecified atom stereocenters. The van der Waals surface area contributed by atoms with Gasteiger partial charge < -0.3 is 5.32 Å². The maximum absolute atomic E-state index is 5.71. The Hall–Kier alpha value is -0.250. The zero-order chi connectivity index (χ0) is 9.80. The van der Waals surface area contributed by atoms with Crippen molar-refractivity contribution >= 4 is 23.4 Å². The molecule has 1 aromatic rings. The number of hydrogen-bond acceptors (Lipinski definition) is 3. The number of aromatic nitrogens is 1. The number of thioether (sulfide) groups is 1. The minimum atomic E-state index is 0.571. The first-order valence-electron chi connectivity index (χ1n) is 4.77. The van der Waals surface area contributed by atoms with Crippen LogP contribution >= 0.6 is 23.4 Å². The smallest absolute Gasteiger partial charge is 0.129 e. The summed E-state index contributed by atoms with van der Waals surface area (Å²) < 4.78 is 0. The second-order valence-corrected chi connectivity index (χ2v) is 5.09. The molecule has 1 aliphatic rings. The first-order valence-corrected chi connectivity index (χ1v) is 6.20. The predicted molar refractivity (Wildman–Crippen MR) is 61.8 cm³/mol. The molecule has 1 aliphatic heterocycles. The number of hydrogen-bond donors (Lipinski definition) is 1. The van der Waals surface area contributed by atoms with Crippen LogP contribution in [0.1, 0.15) is 12.0 Å². The van der Waals surface area contributed by atoms with Gasteiger partial charge in [-0.15, -0.1) is 0 Å². The summed E-state index contributed by atoms with van der Waals surface area (Å²) in [4.78, 5) is 4.06. The van der Waals surface area contributed by atoms with Crippen LogP contribution in [-0.2, 0) is 5.75 Å². The largest absolute Gasteiger partial charge is 0.316 e. The van der Waals surface area contributed by atoms with Crippen LogP contribution in [0.4, 0.5) is 0 Å². The van der Waals surface area contributed by atoms with Crippen LogP contribution in [0.2, 0.25) is 5.15 Å². The van der Waals surface area contributed by atoms with Crippen LogP contribution < -0.4 is 5.32 Å². The second-order valence-electron chi connectivity index (χ2n) is 3.41. The molecule has 1 N–H and O–H groups in total. The third kappa shape index (κ3) is 2.87. The van der Waals surface area contributed by atoms with Gasteiger partial charge in [0.15, 0.2) is 0 Å². The molecule has 4 heteroatoms. The van der Waals surface area contributed by atoms with E-state index in [1.165, 1.54) is 12.0 Å². The Morgan fingerprint density at radius 3 is 3.14 bits per heavy atom. The fourth-order valence-electron chi connectivity index (χ4n) is 1.48. The maximum Gasteiger partial charge on any atom is 0.129 e. The summed E-state index contributed by atoms with van der Waals surface area (Å²) in [5, 5.41) is 4.70. The summed E-state index contributed by atoms with van der Waals surface area (Å²) in [6.45, 7) is 2.31. The molecule has 0 saturated carbocycles. The highest BCUT2D eigenvalue weighted by Crippen LogP contribution is 2.22. The molecule has 0 aliphatic carbocycles. The van der Waals surface area contributed by atoms with E-state index >= 15 is 0 Å². The van der Waals surface area contributed by atoms with Crippen molar-refractivity contribution in [1.82, 2.24) is 10.3 Å². The van der Waals surface area contributed by atoms with Gasteiger partial charge in [-0.2, -0.15) is 11.8 Å². The van der Waals surface area contributed by atoms with E-state index in [9.17, 15) is 0 Å². The van der Waals surface area contributed by atoms with Gasteiger partial charge in [-0.05, 0) is 24.6 Å². The minimum absolute atomic E-state index is 0.571. The average molecular weight is 229 g/mol. The molecule has 2 heterocycles. The van der Waals surface area contributed by atoms with Crippen LogP contribution in [0.3, 0.4) is 0 Å². The van der Waals surface area contributed by atoms with E-state index in [1.807, 2.05) is 30.1 Å². The summed E-state index contributed by atoms with van der Waals surface area (Å²) >= 11 is 7.71. The van der Waals surface area contributed by atoms with Crippen LogP contribution in [-0.4, -0.2) is 23.3 Å². The number of rotatable bonds is 3. The van der Waals surface area contributed by atoms with Gasteiger partial charge in [0.05, 0.1) is 0 Å². The molecule has 1 atom stereocenters. The first-order chi connectivity index (χ1) is 6.84. The third-order valence-corrected chi connectivity index (χ3v) is 3.89. The van der Waals surface area contributed by atoms with Crippen molar-refractivity contribution in [2.75, 3.05) is 13.1 Å². The molecule has 76 valence electrons. The van der Waals surface area contributed by atoms with Gasteiger partial charge in [-0.3, -0.25) is 0 Å². The summed E-state index contributed by atoms with van der Waals surface area (Å²) in [7, 11) is 0. The van der Waals surface area contributed by atoms with Gasteiger partial charge in [0.1, 0.15) is 5.15 Å². The standard InChI is InChI=1S/C10H13ClN2S/c11-10-2-1-8(5-13-10)7-14-9-3-4-12-6-9/h1-2,5,9,12H,3-4,6-7H2/t9-/m0/s1. The topological polar surface area (TPSA) is 24.9 Å². The van der Waals surface area contributed by atoms with Crippen molar-refractivity contribution < 1.29 is 0 Å². The zero-order valence-corrected chi connectivity index (χ0v) is 9.44. The highest BCUT2D eigenvalue weighted by molar-refractivity contribution is 7.99. The molecule has 1 saturated heterocycles. The van der Waals surface area contributed by atoms with E-state index in [1.54, 1.807) is 0 Å². The molecule has 1 aromatic heterocycles. The SMILES string of the molecule is Clc1ccc(CS[C@H]2CCNC2)cn1. The van der Waals surface area contributed by atoms with E-state index < -0.39 is 0 Å². The molecule has 0 radical (unpaired) electrons. The minimum Gasteiger partial charge on any atom is -0.316 e. The van der Waals surface area contributed by atoms with Crippen molar-refractivity contribution in [1.29, 1.82) is 0 Å². The van der Waals surface area contributed by atoms with Crippen LogP contribution in [0.15, 0.2) is 18.3 Å². The van der Waals surface area contributed by atoms with E-state index in [-0.39, 0.29) is 0 Å². The highest BCUT2D eigenvalue weighted by Gasteiger charge is 2.14. The Bertz CT molecular complexity index is 283. The molecule has 2 nitrogen and oxygen atoms in total. The summed E-state index contributed by atoms with van der Waals surface area (Å²) in [6, 6.07) is 3.90. The Labute approximate surface area is 93.4 Å². The summed E-state index contributed by atoms with van der Waals surface area (Å²) in [6.07, 6.45) is 3.14. The van der Waals surface area contributed by atoms with E-state index in [2.05, 4.69) is 10.3 Å². The molecule has 0 bridgehead atoms. The number of halogens is 1. The maximum atomic E-state index is 5.71. The number of nitrogens with zero attached hydrogens (tertiary/aromatic N) is 1. The quantitative estimate of drug-likeness (QED) is 0.804. The van der Waals surface area contributed by atoms with Crippen molar-refractivity contribution in [2.24, 2.45) is 0 Å². The summed E-state index contributed by atoms with van der Waals surface area (Å²) in [5.74, 6) is 1.04. The molecule has 0 amide bonds. The normalized spacial score (nSPS) is 21.4. The number of pyridine rings is 1. The predicted octanol–water partition coefficient (Wildman–Crippen LogP) is 2.33. The lowest BCUT2D eigenvalue weighted by atomic mass is 10.3. The molecular formula is C10H13ClN2S. The average Bonchev–Trinajstić information content (AvgIpc) is 2.70. The zero-order valence-electron chi connectivity index (χ0n) is 7.87. The lowest BCUT2D eigenvalue weighted by molar-refractivity contribution is 0.858. The Kier molecular flexibility index (Phi) is 3.67. The fraction of sp³-hybridized carbons (Fsp3) is 0.500. The Balaban J connectivity index is 1.82. The van der Waals surface area contributed by atoms with Crippen LogP contribution in [0.25, 0.3) is 0 Å². The first kappa shape index (κ1) is 10.3. The van der Waals surface area contributed by atoms with Gasteiger partial charge in [-0.1, -0.05) is 17.7 Å². The monoisotopic (exact) mass is 228 g/mol. The third-order valence-electron chi connectivity index (χ3n) is 2.29. The molecule has 2 rings (SSSR count). The summed E-state index contributed by atoms with van der Waals surface area (Å²) in [5.41, 5.74) is 1.26. The van der Waals surface area contributed by atoms with Gasteiger partial charge >= 0.3 is 0 Å². The van der Waals surface area contributed by atoms with Gasteiger partial charge in [0, 0.05) is 23.7 Å². The van der Waals surface area contributed by atoms with Gasteiger partial charge in [0.25, 0.3) is 0 Å². The Morgan fingerprint density at radius 2 is 2.50 bits per heavy atom. The van der Waals surface area contributed by atoms with Gasteiger partial charge in [-0.25, -0.2) is 4.98 Å². The van der Waals surface area contributed by atoms with Gasteiger partial charge in [0.2, 0.25) is 0 Å². The highest BCUT2D eigenvalue weighted by atomic mass is 35.5. The van der Waals surface area contributed by atoms with Crippen molar-refractivity contribution in [3.63, 3.8) is 0 Å².